The molecule has 2 aromatic rings. The topological polar surface area (TPSA) is 3.88 Å². The van der Waals surface area contributed by atoms with Crippen molar-refractivity contribution in [3.8, 4) is 0 Å². The van der Waals surface area contributed by atoms with Crippen LogP contribution >= 0.6 is 0 Å². The smallest absolute Gasteiger partial charge is 0.169 e. The van der Waals surface area contributed by atoms with E-state index in [9.17, 15) is 0 Å². The predicted octanol–water partition coefficient (Wildman–Crippen LogP) is 3.55. The zero-order chi connectivity index (χ0) is 11.9. The Labute approximate surface area is 103 Å². The highest BCUT2D eigenvalue weighted by atomic mass is 14.9. The van der Waals surface area contributed by atoms with Gasteiger partial charge in [0, 0.05) is 18.6 Å². The van der Waals surface area contributed by atoms with Crippen LogP contribution in [-0.2, 0) is 6.54 Å². The normalized spacial score (nSPS) is 10.9. The molecule has 1 nitrogen and oxygen atoms in total. The third kappa shape index (κ3) is 3.56. The molecule has 0 spiro atoms. The molecule has 0 unspecified atom stereocenters. The molecular formula is C16H18N+. The summed E-state index contributed by atoms with van der Waals surface area (Å²) in [6.07, 6.45) is 9.72. The van der Waals surface area contributed by atoms with Gasteiger partial charge in [-0.2, -0.15) is 0 Å². The Kier molecular flexibility index (Phi) is 4.09. The van der Waals surface area contributed by atoms with Crippen LogP contribution in [0, 0.1) is 0 Å². The average molecular weight is 224 g/mol. The molecule has 0 aliphatic heterocycles. The largest absolute Gasteiger partial charge is 0.205 e. The Balaban J connectivity index is 2.06. The average Bonchev–Trinajstić information content (AvgIpc) is 2.40. The van der Waals surface area contributed by atoms with Crippen LogP contribution in [-0.4, -0.2) is 0 Å². The van der Waals surface area contributed by atoms with Gasteiger partial charge >= 0.3 is 0 Å². The maximum Gasteiger partial charge on any atom is 0.169 e. The molecule has 1 aromatic carbocycles. The predicted molar refractivity (Wildman–Crippen MR) is 72.3 cm³/mol. The van der Waals surface area contributed by atoms with E-state index in [-0.39, 0.29) is 0 Å². The van der Waals surface area contributed by atoms with Crippen molar-refractivity contribution in [3.63, 3.8) is 0 Å². The lowest BCUT2D eigenvalue weighted by Gasteiger charge is -1.95. The molecule has 1 heteroatoms. The van der Waals surface area contributed by atoms with Crippen molar-refractivity contribution < 1.29 is 4.57 Å². The van der Waals surface area contributed by atoms with Crippen molar-refractivity contribution in [1.29, 1.82) is 0 Å². The first-order valence-corrected chi connectivity index (χ1v) is 6.11. The first kappa shape index (κ1) is 11.6. The zero-order valence-corrected chi connectivity index (χ0v) is 10.2. The number of hydrogen-bond donors (Lipinski definition) is 0. The first-order chi connectivity index (χ1) is 8.38. The molecule has 0 saturated carbocycles. The molecule has 0 radical (unpaired) electrons. The van der Waals surface area contributed by atoms with E-state index in [1.54, 1.807) is 0 Å². The molecule has 0 bridgehead atoms. The summed E-state index contributed by atoms with van der Waals surface area (Å²) >= 11 is 0. The number of rotatable bonds is 4. The van der Waals surface area contributed by atoms with E-state index in [0.29, 0.717) is 0 Å². The highest BCUT2D eigenvalue weighted by Crippen LogP contribution is 2.06. The van der Waals surface area contributed by atoms with Gasteiger partial charge in [-0.1, -0.05) is 49.4 Å². The van der Waals surface area contributed by atoms with Crippen molar-refractivity contribution in [2.45, 2.75) is 19.9 Å². The maximum absolute atomic E-state index is 2.21. The van der Waals surface area contributed by atoms with Crippen molar-refractivity contribution in [3.05, 3.63) is 66.0 Å². The van der Waals surface area contributed by atoms with Gasteiger partial charge < -0.3 is 0 Å². The second kappa shape index (κ2) is 6.00. The Morgan fingerprint density at radius 2 is 1.47 bits per heavy atom. The molecule has 0 aliphatic rings. The summed E-state index contributed by atoms with van der Waals surface area (Å²) < 4.78 is 2.21. The van der Waals surface area contributed by atoms with Gasteiger partial charge in [0.05, 0.1) is 0 Å². The van der Waals surface area contributed by atoms with E-state index in [1.807, 2.05) is 6.07 Å². The summed E-state index contributed by atoms with van der Waals surface area (Å²) in [7, 11) is 0. The van der Waals surface area contributed by atoms with Gasteiger partial charge in [-0.15, -0.1) is 0 Å². The highest BCUT2D eigenvalue weighted by molar-refractivity contribution is 5.68. The first-order valence-electron chi connectivity index (χ1n) is 6.11. The van der Waals surface area contributed by atoms with E-state index in [1.165, 1.54) is 17.5 Å². The van der Waals surface area contributed by atoms with Crippen molar-refractivity contribution >= 4 is 12.2 Å². The molecule has 0 aliphatic carbocycles. The summed E-state index contributed by atoms with van der Waals surface area (Å²) in [5, 5.41) is 0. The number of benzene rings is 1. The van der Waals surface area contributed by atoms with Crippen LogP contribution < -0.4 is 4.57 Å². The summed E-state index contributed by atoms with van der Waals surface area (Å²) in [5.74, 6) is 0. The monoisotopic (exact) mass is 224 g/mol. The molecule has 17 heavy (non-hydrogen) atoms. The van der Waals surface area contributed by atoms with Crippen molar-refractivity contribution in [1.82, 2.24) is 0 Å². The number of aromatic nitrogens is 1. The molecular weight excluding hydrogens is 206 g/mol. The van der Waals surface area contributed by atoms with E-state index in [2.05, 4.69) is 72.4 Å². The number of nitrogens with zero attached hydrogens (tertiary/aromatic N) is 1. The molecule has 0 fully saturated rings. The van der Waals surface area contributed by atoms with Gasteiger partial charge in [0.1, 0.15) is 6.54 Å². The molecule has 0 saturated heterocycles. The Bertz CT molecular complexity index is 469. The summed E-state index contributed by atoms with van der Waals surface area (Å²) in [6, 6.07) is 14.7. The van der Waals surface area contributed by atoms with Gasteiger partial charge in [-0.3, -0.25) is 0 Å². The summed E-state index contributed by atoms with van der Waals surface area (Å²) in [6.45, 7) is 3.28. The van der Waals surface area contributed by atoms with Crippen LogP contribution in [0.2, 0.25) is 0 Å². The Hall–Kier alpha value is -1.89. The zero-order valence-electron chi connectivity index (χ0n) is 10.2. The van der Waals surface area contributed by atoms with Crippen LogP contribution in [0.5, 0.6) is 0 Å². The fraction of sp³-hybridized carbons (Fsp3) is 0.188. The molecule has 1 heterocycles. The van der Waals surface area contributed by atoms with E-state index in [4.69, 9.17) is 0 Å². The van der Waals surface area contributed by atoms with Crippen LogP contribution in [0.1, 0.15) is 24.5 Å². The molecule has 0 amide bonds. The fourth-order valence-corrected chi connectivity index (χ4v) is 1.74. The summed E-state index contributed by atoms with van der Waals surface area (Å²) in [5.41, 5.74) is 2.47. The van der Waals surface area contributed by atoms with Crippen molar-refractivity contribution in [2.24, 2.45) is 0 Å². The third-order valence-electron chi connectivity index (χ3n) is 2.67. The number of hydrogen-bond acceptors (Lipinski definition) is 0. The Morgan fingerprint density at radius 3 is 2.06 bits per heavy atom. The van der Waals surface area contributed by atoms with Crippen LogP contribution in [0.3, 0.4) is 0 Å². The summed E-state index contributed by atoms with van der Waals surface area (Å²) in [4.78, 5) is 0. The lowest BCUT2D eigenvalue weighted by Crippen LogP contribution is -2.31. The van der Waals surface area contributed by atoms with Crippen LogP contribution in [0.25, 0.3) is 12.2 Å². The highest BCUT2D eigenvalue weighted by Gasteiger charge is 1.96. The molecule has 0 N–H and O–H groups in total. The minimum absolute atomic E-state index is 1.09. The SMILES string of the molecule is CCC[n+]1ccc(C=Cc2ccccc2)cc1. The van der Waals surface area contributed by atoms with Gasteiger partial charge in [-0.05, 0) is 11.1 Å². The quantitative estimate of drug-likeness (QED) is 0.699. The van der Waals surface area contributed by atoms with E-state index in [0.717, 1.165) is 6.54 Å². The van der Waals surface area contributed by atoms with Gasteiger partial charge in [0.15, 0.2) is 12.4 Å². The lowest BCUT2D eigenvalue weighted by atomic mass is 10.1. The van der Waals surface area contributed by atoms with Crippen molar-refractivity contribution in [2.75, 3.05) is 0 Å². The molecule has 0 atom stereocenters. The molecule has 86 valence electrons. The van der Waals surface area contributed by atoms with Gasteiger partial charge in [-0.25, -0.2) is 4.57 Å². The third-order valence-corrected chi connectivity index (χ3v) is 2.67. The van der Waals surface area contributed by atoms with E-state index >= 15 is 0 Å². The second-order valence-corrected chi connectivity index (χ2v) is 4.11. The molecule has 1 aromatic heterocycles. The fourth-order valence-electron chi connectivity index (χ4n) is 1.74. The van der Waals surface area contributed by atoms with Crippen LogP contribution in [0.15, 0.2) is 54.9 Å². The lowest BCUT2D eigenvalue weighted by molar-refractivity contribution is -0.697. The number of pyridine rings is 1. The number of aryl methyl sites for hydroxylation is 1. The maximum atomic E-state index is 2.21. The Morgan fingerprint density at radius 1 is 0.882 bits per heavy atom. The standard InChI is InChI=1S/C16H18N/c1-2-12-17-13-10-16(11-14-17)9-8-15-6-4-3-5-7-15/h3-11,13-14H,2,12H2,1H3/q+1. The van der Waals surface area contributed by atoms with Gasteiger partial charge in [0.2, 0.25) is 0 Å². The minimum Gasteiger partial charge on any atom is -0.205 e. The van der Waals surface area contributed by atoms with E-state index < -0.39 is 0 Å². The molecule has 2 rings (SSSR count). The minimum atomic E-state index is 1.09. The second-order valence-electron chi connectivity index (χ2n) is 4.11. The van der Waals surface area contributed by atoms with Gasteiger partial charge in [0.25, 0.3) is 0 Å². The van der Waals surface area contributed by atoms with Crippen LogP contribution in [0.4, 0.5) is 0 Å².